The molecular formula is C30H41N5O4S. The van der Waals surface area contributed by atoms with Gasteiger partial charge in [0.1, 0.15) is 11.9 Å². The summed E-state index contributed by atoms with van der Waals surface area (Å²) in [6.07, 6.45) is 6.74. The molecular weight excluding hydrogens is 526 g/mol. The van der Waals surface area contributed by atoms with Gasteiger partial charge in [0.15, 0.2) is 0 Å². The number of hydrogen-bond donors (Lipinski definition) is 3. The molecule has 0 saturated heterocycles. The van der Waals surface area contributed by atoms with Crippen LogP contribution in [0.15, 0.2) is 54.9 Å². The number of aromatic nitrogens is 2. The predicted octanol–water partition coefficient (Wildman–Crippen LogP) is 3.47. The Morgan fingerprint density at radius 3 is 2.52 bits per heavy atom. The fraction of sp³-hybridized carbons (Fsp3) is 0.467. The molecule has 0 spiro atoms. The van der Waals surface area contributed by atoms with Crippen molar-refractivity contribution < 1.29 is 19.5 Å². The van der Waals surface area contributed by atoms with Crippen molar-refractivity contribution in [1.29, 1.82) is 0 Å². The van der Waals surface area contributed by atoms with Gasteiger partial charge in [-0.1, -0.05) is 62.7 Å². The van der Waals surface area contributed by atoms with Crippen molar-refractivity contribution in [2.24, 2.45) is 13.0 Å². The summed E-state index contributed by atoms with van der Waals surface area (Å²) < 4.78 is 1.82. The molecule has 0 aliphatic carbocycles. The molecule has 40 heavy (non-hydrogen) atoms. The van der Waals surface area contributed by atoms with Crippen LogP contribution in [0, 0.1) is 5.92 Å². The van der Waals surface area contributed by atoms with Crippen LogP contribution < -0.4 is 10.6 Å². The number of amides is 2. The molecule has 3 aromatic rings. The second-order valence-electron chi connectivity index (χ2n) is 10.2. The first kappa shape index (κ1) is 31.2. The Morgan fingerprint density at radius 1 is 1.10 bits per heavy atom. The van der Waals surface area contributed by atoms with Gasteiger partial charge in [-0.15, -0.1) is 0 Å². The highest BCUT2D eigenvalue weighted by molar-refractivity contribution is 7.98. The Morgan fingerprint density at radius 2 is 1.85 bits per heavy atom. The lowest BCUT2D eigenvalue weighted by Gasteiger charge is -2.31. The van der Waals surface area contributed by atoms with E-state index in [1.807, 2.05) is 53.2 Å². The molecule has 0 unspecified atom stereocenters. The highest BCUT2D eigenvalue weighted by Crippen LogP contribution is 2.21. The summed E-state index contributed by atoms with van der Waals surface area (Å²) in [4.78, 5) is 44.2. The van der Waals surface area contributed by atoms with Crippen LogP contribution in [0.2, 0.25) is 0 Å². The maximum atomic E-state index is 13.2. The maximum absolute atomic E-state index is 13.2. The van der Waals surface area contributed by atoms with Crippen LogP contribution >= 0.6 is 11.8 Å². The number of nitrogens with zero attached hydrogens (tertiary/aromatic N) is 3. The molecule has 3 rings (SSSR count). The molecule has 3 atom stereocenters. The third-order valence-electron chi connectivity index (χ3n) is 7.26. The van der Waals surface area contributed by atoms with Crippen LogP contribution in [0.3, 0.4) is 0 Å². The largest absolute Gasteiger partial charge is 0.480 e. The molecule has 0 aliphatic heterocycles. The van der Waals surface area contributed by atoms with Gasteiger partial charge in [0, 0.05) is 38.6 Å². The SMILES string of the molecule is CC[C@H](C)[C@@H](CN(CC(=O)N[C@@H](CCSC)C(=O)O)Cc1cccc2ccccc12)NC(=O)Cc1nccn1C. The molecule has 0 radical (unpaired) electrons. The van der Waals surface area contributed by atoms with Crippen molar-refractivity contribution in [2.45, 2.75) is 51.7 Å². The molecule has 1 heterocycles. The molecule has 1 aromatic heterocycles. The average Bonchev–Trinajstić information content (AvgIpc) is 3.33. The van der Waals surface area contributed by atoms with Crippen molar-refractivity contribution in [3.63, 3.8) is 0 Å². The van der Waals surface area contributed by atoms with Crippen LogP contribution in [0.1, 0.15) is 38.1 Å². The maximum Gasteiger partial charge on any atom is 0.326 e. The Bertz CT molecular complexity index is 1270. The van der Waals surface area contributed by atoms with Gasteiger partial charge in [0.2, 0.25) is 11.8 Å². The Balaban J connectivity index is 1.83. The number of rotatable bonds is 16. The van der Waals surface area contributed by atoms with E-state index >= 15 is 0 Å². The monoisotopic (exact) mass is 567 g/mol. The van der Waals surface area contributed by atoms with E-state index < -0.39 is 12.0 Å². The molecule has 2 amide bonds. The minimum absolute atomic E-state index is 0.00837. The molecule has 3 N–H and O–H groups in total. The van der Waals surface area contributed by atoms with Crippen molar-refractivity contribution >= 4 is 40.3 Å². The topological polar surface area (TPSA) is 117 Å². The van der Waals surface area contributed by atoms with E-state index in [2.05, 4.69) is 47.7 Å². The fourth-order valence-electron chi connectivity index (χ4n) is 4.69. The van der Waals surface area contributed by atoms with Gasteiger partial charge in [-0.3, -0.25) is 14.5 Å². The van der Waals surface area contributed by atoms with E-state index in [9.17, 15) is 19.5 Å². The molecule has 216 valence electrons. The summed E-state index contributed by atoms with van der Waals surface area (Å²) in [7, 11) is 1.86. The Kier molecular flexibility index (Phi) is 12.0. The van der Waals surface area contributed by atoms with Crippen LogP contribution in [0.4, 0.5) is 0 Å². The first-order valence-corrected chi connectivity index (χ1v) is 15.1. The Hall–Kier alpha value is -3.37. The molecule has 9 nitrogen and oxygen atoms in total. The summed E-state index contributed by atoms with van der Waals surface area (Å²) in [5.74, 6) is -0.0565. The van der Waals surface area contributed by atoms with Crippen molar-refractivity contribution in [2.75, 3.05) is 25.1 Å². The van der Waals surface area contributed by atoms with Crippen molar-refractivity contribution in [3.05, 3.63) is 66.2 Å². The summed E-state index contributed by atoms with van der Waals surface area (Å²) in [6.45, 7) is 5.08. The number of hydrogen-bond acceptors (Lipinski definition) is 6. The Labute approximate surface area is 240 Å². The quantitative estimate of drug-likeness (QED) is 0.243. The normalized spacial score (nSPS) is 13.6. The predicted molar refractivity (Wildman–Crippen MR) is 160 cm³/mol. The van der Waals surface area contributed by atoms with Crippen LogP contribution in [0.5, 0.6) is 0 Å². The summed E-state index contributed by atoms with van der Waals surface area (Å²) in [5, 5.41) is 17.7. The molecule has 0 bridgehead atoms. The van der Waals surface area contributed by atoms with Gasteiger partial charge in [-0.05, 0) is 40.7 Å². The number of thioether (sulfide) groups is 1. The van der Waals surface area contributed by atoms with E-state index in [0.717, 1.165) is 22.8 Å². The fourth-order valence-corrected chi connectivity index (χ4v) is 5.16. The first-order chi connectivity index (χ1) is 19.2. The number of carboxylic acid groups (broad SMARTS) is 1. The second kappa shape index (κ2) is 15.4. The zero-order valence-corrected chi connectivity index (χ0v) is 24.6. The van der Waals surface area contributed by atoms with E-state index in [-0.39, 0.29) is 36.7 Å². The summed E-state index contributed by atoms with van der Waals surface area (Å²) in [6, 6.07) is 13.0. The van der Waals surface area contributed by atoms with Crippen molar-refractivity contribution in [3.8, 4) is 0 Å². The molecule has 10 heteroatoms. The van der Waals surface area contributed by atoms with E-state index in [0.29, 0.717) is 31.1 Å². The number of aliphatic carboxylic acids is 1. The third kappa shape index (κ3) is 9.09. The van der Waals surface area contributed by atoms with Gasteiger partial charge >= 0.3 is 5.97 Å². The highest BCUT2D eigenvalue weighted by Gasteiger charge is 2.26. The van der Waals surface area contributed by atoms with Gasteiger partial charge in [-0.2, -0.15) is 11.8 Å². The standard InChI is InChI=1S/C30H41N5O4S/c1-5-21(2)26(33-28(36)17-27-31-14-15-34(27)3)19-35(20-29(37)32-25(30(38)39)13-16-40-4)18-23-11-8-10-22-9-6-7-12-24(22)23/h6-12,14-15,21,25-26H,5,13,16-20H2,1-4H3,(H,32,37)(H,33,36)(H,38,39)/t21-,25-,26+/m0/s1. The lowest BCUT2D eigenvalue weighted by Crippen LogP contribution is -2.51. The number of carbonyl (C=O) groups is 3. The van der Waals surface area contributed by atoms with Crippen LogP contribution in [0.25, 0.3) is 10.8 Å². The second-order valence-corrected chi connectivity index (χ2v) is 11.2. The molecule has 0 aliphatic rings. The van der Waals surface area contributed by atoms with Crippen molar-refractivity contribution in [1.82, 2.24) is 25.1 Å². The minimum Gasteiger partial charge on any atom is -0.480 e. The smallest absolute Gasteiger partial charge is 0.326 e. The lowest BCUT2D eigenvalue weighted by molar-refractivity contribution is -0.142. The van der Waals surface area contributed by atoms with E-state index in [1.54, 1.807) is 18.0 Å². The van der Waals surface area contributed by atoms with Crippen LogP contribution in [-0.2, 0) is 34.4 Å². The number of fused-ring (bicyclic) bond motifs is 1. The average molecular weight is 568 g/mol. The third-order valence-corrected chi connectivity index (χ3v) is 7.90. The van der Waals surface area contributed by atoms with Gasteiger partial charge in [0.05, 0.1) is 13.0 Å². The van der Waals surface area contributed by atoms with Crippen LogP contribution in [-0.4, -0.2) is 74.5 Å². The highest BCUT2D eigenvalue weighted by atomic mass is 32.2. The van der Waals surface area contributed by atoms with Gasteiger partial charge in [-0.25, -0.2) is 9.78 Å². The lowest BCUT2D eigenvalue weighted by atomic mass is 9.97. The summed E-state index contributed by atoms with van der Waals surface area (Å²) >= 11 is 1.54. The molecule has 2 aromatic carbocycles. The van der Waals surface area contributed by atoms with E-state index in [4.69, 9.17) is 0 Å². The van der Waals surface area contributed by atoms with E-state index in [1.165, 1.54) is 0 Å². The summed E-state index contributed by atoms with van der Waals surface area (Å²) in [5.41, 5.74) is 1.06. The zero-order valence-electron chi connectivity index (χ0n) is 23.8. The number of carboxylic acids is 1. The van der Waals surface area contributed by atoms with Gasteiger partial charge < -0.3 is 20.3 Å². The number of benzene rings is 2. The number of aryl methyl sites for hydroxylation is 1. The molecule has 0 fully saturated rings. The minimum atomic E-state index is -1.04. The number of carbonyl (C=O) groups excluding carboxylic acids is 2. The zero-order chi connectivity index (χ0) is 29.1. The first-order valence-electron chi connectivity index (χ1n) is 13.7. The number of imidazole rings is 1. The number of nitrogens with one attached hydrogen (secondary N) is 2. The van der Waals surface area contributed by atoms with Gasteiger partial charge in [0.25, 0.3) is 0 Å². The molecule has 0 saturated carbocycles.